The summed E-state index contributed by atoms with van der Waals surface area (Å²) in [6.45, 7) is 8.06. The number of nitrogens with zero attached hydrogens (tertiary/aromatic N) is 5. The first-order valence-electron chi connectivity index (χ1n) is 10.8. The van der Waals surface area contributed by atoms with Crippen LogP contribution in [0.15, 0.2) is 47.9 Å². The summed E-state index contributed by atoms with van der Waals surface area (Å²) < 4.78 is 0. The summed E-state index contributed by atoms with van der Waals surface area (Å²) in [6.07, 6.45) is 4.66. The minimum Gasteiger partial charge on any atom is -0.340 e. The Morgan fingerprint density at radius 1 is 1.06 bits per heavy atom. The van der Waals surface area contributed by atoms with Gasteiger partial charge in [-0.05, 0) is 25.5 Å². The van der Waals surface area contributed by atoms with Gasteiger partial charge in [0, 0.05) is 49.5 Å². The monoisotopic (exact) mass is 448 g/mol. The highest BCUT2D eigenvalue weighted by atomic mass is 32.1. The first kappa shape index (κ1) is 22.1. The van der Waals surface area contributed by atoms with Crippen molar-refractivity contribution in [1.29, 1.82) is 0 Å². The topological polar surface area (TPSA) is 74.2 Å². The summed E-state index contributed by atoms with van der Waals surface area (Å²) in [5.74, 6) is 0.663. The van der Waals surface area contributed by atoms with Gasteiger partial charge in [0.15, 0.2) is 5.13 Å². The van der Waals surface area contributed by atoms with Crippen molar-refractivity contribution in [2.24, 2.45) is 0 Å². The highest BCUT2D eigenvalue weighted by Crippen LogP contribution is 2.20. The van der Waals surface area contributed by atoms with Crippen molar-refractivity contribution in [3.8, 4) is 0 Å². The Kier molecular flexibility index (Phi) is 7.24. The van der Waals surface area contributed by atoms with E-state index in [9.17, 15) is 4.79 Å². The quantitative estimate of drug-likeness (QED) is 0.594. The van der Waals surface area contributed by atoms with Gasteiger partial charge in [0.1, 0.15) is 0 Å². The van der Waals surface area contributed by atoms with Gasteiger partial charge in [0.25, 0.3) is 0 Å². The lowest BCUT2D eigenvalue weighted by Gasteiger charge is -2.34. The summed E-state index contributed by atoms with van der Waals surface area (Å²) >= 11 is 1.46. The Balaban J connectivity index is 1.23. The van der Waals surface area contributed by atoms with Crippen LogP contribution in [0.4, 0.5) is 11.1 Å². The Morgan fingerprint density at radius 2 is 1.78 bits per heavy atom. The number of aromatic nitrogens is 3. The molecule has 0 spiro atoms. The minimum atomic E-state index is 0.129. The Bertz CT molecular complexity index is 1050. The van der Waals surface area contributed by atoms with E-state index in [1.165, 1.54) is 16.9 Å². The maximum absolute atomic E-state index is 12.7. The van der Waals surface area contributed by atoms with Crippen LogP contribution in [0.25, 0.3) is 6.08 Å². The number of rotatable bonds is 7. The van der Waals surface area contributed by atoms with Gasteiger partial charge in [-0.1, -0.05) is 42.5 Å². The maximum atomic E-state index is 12.7. The average Bonchev–Trinajstić information content (AvgIpc) is 3.21. The van der Waals surface area contributed by atoms with Gasteiger partial charge < -0.3 is 10.2 Å². The Labute approximate surface area is 192 Å². The summed E-state index contributed by atoms with van der Waals surface area (Å²) in [5.41, 5.74) is 3.80. The predicted molar refractivity (Wildman–Crippen MR) is 129 cm³/mol. The number of carbonyl (C=O) groups is 1. The summed E-state index contributed by atoms with van der Waals surface area (Å²) in [5, 5.41) is 5.77. The van der Waals surface area contributed by atoms with Gasteiger partial charge in [-0.25, -0.2) is 15.0 Å². The third-order valence-corrected chi connectivity index (χ3v) is 6.09. The normalized spacial score (nSPS) is 14.8. The second kappa shape index (κ2) is 10.5. The van der Waals surface area contributed by atoms with E-state index in [2.05, 4.69) is 49.5 Å². The van der Waals surface area contributed by atoms with Crippen molar-refractivity contribution in [2.45, 2.75) is 20.3 Å². The zero-order valence-corrected chi connectivity index (χ0v) is 19.3. The third-order valence-electron chi connectivity index (χ3n) is 5.28. The molecule has 0 radical (unpaired) electrons. The molecule has 0 bridgehead atoms. The lowest BCUT2D eigenvalue weighted by Crippen LogP contribution is -2.49. The van der Waals surface area contributed by atoms with Crippen LogP contribution in [0.2, 0.25) is 0 Å². The van der Waals surface area contributed by atoms with E-state index in [0.717, 1.165) is 49.8 Å². The molecule has 4 rings (SSSR count). The van der Waals surface area contributed by atoms with Crippen molar-refractivity contribution >= 4 is 34.4 Å². The minimum absolute atomic E-state index is 0.129. The van der Waals surface area contributed by atoms with Crippen LogP contribution in [0.5, 0.6) is 0 Å². The molecule has 3 aromatic rings. The number of benzene rings is 1. The fourth-order valence-electron chi connectivity index (χ4n) is 3.67. The maximum Gasteiger partial charge on any atom is 0.229 e. The summed E-state index contributed by atoms with van der Waals surface area (Å²) in [6, 6.07) is 12.2. The molecule has 0 saturated carbocycles. The molecule has 1 aromatic carbocycles. The smallest absolute Gasteiger partial charge is 0.229 e. The Hall–Kier alpha value is -3.10. The van der Waals surface area contributed by atoms with Crippen LogP contribution in [-0.4, -0.2) is 63.4 Å². The van der Waals surface area contributed by atoms with Crippen molar-refractivity contribution in [1.82, 2.24) is 24.8 Å². The molecule has 32 heavy (non-hydrogen) atoms. The van der Waals surface area contributed by atoms with E-state index in [-0.39, 0.29) is 5.91 Å². The molecule has 1 aliphatic heterocycles. The van der Waals surface area contributed by atoms with Gasteiger partial charge in [-0.3, -0.25) is 9.69 Å². The lowest BCUT2D eigenvalue weighted by atomic mass is 10.2. The summed E-state index contributed by atoms with van der Waals surface area (Å²) in [7, 11) is 0. The van der Waals surface area contributed by atoms with Gasteiger partial charge in [0.05, 0.1) is 12.1 Å². The van der Waals surface area contributed by atoms with E-state index in [1.54, 1.807) is 0 Å². The molecule has 3 heterocycles. The first-order valence-corrected chi connectivity index (χ1v) is 11.7. The molecular formula is C24H28N6OS. The number of thiazole rings is 1. The van der Waals surface area contributed by atoms with E-state index < -0.39 is 0 Å². The molecule has 8 heteroatoms. The van der Waals surface area contributed by atoms with Crippen molar-refractivity contribution in [3.63, 3.8) is 0 Å². The molecule has 1 amide bonds. The molecule has 166 valence electrons. The lowest BCUT2D eigenvalue weighted by molar-refractivity contribution is -0.132. The second-order valence-corrected chi connectivity index (χ2v) is 8.77. The van der Waals surface area contributed by atoms with Crippen molar-refractivity contribution in [3.05, 3.63) is 70.5 Å². The zero-order chi connectivity index (χ0) is 22.3. The number of hydrogen-bond acceptors (Lipinski definition) is 7. The highest BCUT2D eigenvalue weighted by molar-refractivity contribution is 7.13. The number of hydrogen-bond donors (Lipinski definition) is 1. The molecule has 2 aromatic heterocycles. The predicted octanol–water partition coefficient (Wildman–Crippen LogP) is 3.69. The van der Waals surface area contributed by atoms with E-state index in [1.807, 2.05) is 48.4 Å². The average molecular weight is 449 g/mol. The third kappa shape index (κ3) is 6.21. The molecule has 1 fully saturated rings. The van der Waals surface area contributed by atoms with Gasteiger partial charge >= 0.3 is 0 Å². The molecular weight excluding hydrogens is 420 g/mol. The van der Waals surface area contributed by atoms with Crippen LogP contribution in [0, 0.1) is 13.8 Å². The van der Waals surface area contributed by atoms with Crippen LogP contribution in [0.1, 0.15) is 22.6 Å². The molecule has 0 unspecified atom stereocenters. The molecule has 0 aliphatic carbocycles. The van der Waals surface area contributed by atoms with Crippen LogP contribution < -0.4 is 5.32 Å². The fourth-order valence-corrected chi connectivity index (χ4v) is 4.38. The largest absolute Gasteiger partial charge is 0.340 e. The van der Waals surface area contributed by atoms with Crippen LogP contribution in [-0.2, 0) is 11.2 Å². The molecule has 1 saturated heterocycles. The highest BCUT2D eigenvalue weighted by Gasteiger charge is 2.21. The standard InChI is InChI=1S/C24H28N6OS/c1-18-15-19(2)26-23(25-18)28-24-27-21(17-32-24)16-22(31)30-13-11-29(12-14-30)10-6-9-20-7-4-3-5-8-20/h3-9,15,17H,10-14,16H2,1-2H3,(H,25,26,27,28)/b9-6+. The van der Waals surface area contributed by atoms with Gasteiger partial charge in [0.2, 0.25) is 11.9 Å². The Morgan fingerprint density at radius 3 is 2.50 bits per heavy atom. The van der Waals surface area contributed by atoms with E-state index >= 15 is 0 Å². The molecule has 1 aliphatic rings. The summed E-state index contributed by atoms with van der Waals surface area (Å²) in [4.78, 5) is 30.4. The number of amides is 1. The number of nitrogens with one attached hydrogen (secondary N) is 1. The first-order chi connectivity index (χ1) is 15.5. The number of aryl methyl sites for hydroxylation is 2. The van der Waals surface area contributed by atoms with E-state index in [4.69, 9.17) is 0 Å². The van der Waals surface area contributed by atoms with Crippen LogP contribution >= 0.6 is 11.3 Å². The van der Waals surface area contributed by atoms with Gasteiger partial charge in [-0.2, -0.15) is 0 Å². The number of anilines is 2. The van der Waals surface area contributed by atoms with Crippen molar-refractivity contribution < 1.29 is 4.79 Å². The molecule has 7 nitrogen and oxygen atoms in total. The number of carbonyl (C=O) groups excluding carboxylic acids is 1. The molecule has 1 N–H and O–H groups in total. The second-order valence-electron chi connectivity index (χ2n) is 7.91. The fraction of sp³-hybridized carbons (Fsp3) is 0.333. The number of piperazine rings is 1. The zero-order valence-electron chi connectivity index (χ0n) is 18.5. The van der Waals surface area contributed by atoms with Gasteiger partial charge in [-0.15, -0.1) is 11.3 Å². The SMILES string of the molecule is Cc1cc(C)nc(Nc2nc(CC(=O)N3CCN(C/C=C/c4ccccc4)CC3)cs2)n1. The van der Waals surface area contributed by atoms with E-state index in [0.29, 0.717) is 17.5 Å². The van der Waals surface area contributed by atoms with Crippen LogP contribution in [0.3, 0.4) is 0 Å². The van der Waals surface area contributed by atoms with Crippen molar-refractivity contribution in [2.75, 3.05) is 38.0 Å². The molecule has 0 atom stereocenters.